The third-order valence-corrected chi connectivity index (χ3v) is 2.86. The number of hydrogen-bond acceptors (Lipinski definition) is 5. The molecule has 2 N–H and O–H groups in total. The van der Waals surface area contributed by atoms with Crippen molar-refractivity contribution in [1.82, 2.24) is 4.98 Å². The Labute approximate surface area is 126 Å². The second-order valence-corrected chi connectivity index (χ2v) is 7.10. The third kappa shape index (κ3) is 5.57. The number of nitrogens with zero attached hydrogens (tertiary/aromatic N) is 2. The molecule has 21 heavy (non-hydrogen) atoms. The quantitative estimate of drug-likeness (QED) is 0.611. The molecule has 6 heteroatoms. The Morgan fingerprint density at radius 2 is 1.86 bits per heavy atom. The summed E-state index contributed by atoms with van der Waals surface area (Å²) in [5.74, 6) is 0.949. The molecule has 1 aromatic heterocycles. The highest BCUT2D eigenvalue weighted by atomic mass is 16.6. The van der Waals surface area contributed by atoms with Crippen molar-refractivity contribution in [3.8, 4) is 0 Å². The number of rotatable bonds is 6. The average Bonchev–Trinajstić information content (AvgIpc) is 2.24. The summed E-state index contributed by atoms with van der Waals surface area (Å²) in [4.78, 5) is 15.1. The largest absolute Gasteiger partial charge is 0.370 e. The van der Waals surface area contributed by atoms with Crippen molar-refractivity contribution >= 4 is 17.3 Å². The fraction of sp³-hybridized carbons (Fsp3) is 0.667. The third-order valence-electron chi connectivity index (χ3n) is 2.86. The molecule has 0 atom stereocenters. The van der Waals surface area contributed by atoms with Gasteiger partial charge in [0.05, 0.1) is 4.92 Å². The topological polar surface area (TPSA) is 80.1 Å². The summed E-state index contributed by atoms with van der Waals surface area (Å²) in [6, 6.07) is 3.12. The van der Waals surface area contributed by atoms with Crippen LogP contribution in [0.1, 0.15) is 48.0 Å². The molecule has 0 aliphatic rings. The van der Waals surface area contributed by atoms with Crippen LogP contribution in [0.15, 0.2) is 12.1 Å². The fourth-order valence-corrected chi connectivity index (χ4v) is 2.66. The molecule has 0 bridgehead atoms. The van der Waals surface area contributed by atoms with E-state index < -0.39 is 4.92 Å². The van der Waals surface area contributed by atoms with Crippen LogP contribution in [-0.2, 0) is 0 Å². The molecule has 0 saturated carbocycles. The molecule has 0 spiro atoms. The molecule has 0 fully saturated rings. The summed E-state index contributed by atoms with van der Waals surface area (Å²) in [7, 11) is 0. The van der Waals surface area contributed by atoms with Gasteiger partial charge in [0.2, 0.25) is 5.82 Å². The maximum Gasteiger partial charge on any atom is 0.311 e. The number of nitro groups is 1. The van der Waals surface area contributed by atoms with E-state index in [2.05, 4.69) is 36.4 Å². The van der Waals surface area contributed by atoms with E-state index in [0.29, 0.717) is 11.6 Å². The molecule has 1 heterocycles. The molecule has 6 nitrogen and oxygen atoms in total. The second kappa shape index (κ2) is 6.28. The van der Waals surface area contributed by atoms with Gasteiger partial charge in [0.1, 0.15) is 5.82 Å². The van der Waals surface area contributed by atoms with Gasteiger partial charge in [-0.2, -0.15) is 0 Å². The van der Waals surface area contributed by atoms with E-state index in [0.717, 1.165) is 13.0 Å². The maximum atomic E-state index is 11.2. The summed E-state index contributed by atoms with van der Waals surface area (Å²) in [5, 5.41) is 17.5. The maximum absolute atomic E-state index is 11.2. The highest BCUT2D eigenvalue weighted by molar-refractivity contribution is 5.61. The van der Waals surface area contributed by atoms with Gasteiger partial charge >= 0.3 is 5.69 Å². The molecule has 0 aliphatic heterocycles. The highest BCUT2D eigenvalue weighted by Gasteiger charge is 2.28. The minimum absolute atomic E-state index is 0.00126. The van der Waals surface area contributed by atoms with Crippen molar-refractivity contribution in [1.29, 1.82) is 0 Å². The van der Waals surface area contributed by atoms with Crippen LogP contribution in [0.25, 0.3) is 0 Å². The minimum atomic E-state index is -0.405. The zero-order chi connectivity index (χ0) is 16.3. The second-order valence-electron chi connectivity index (χ2n) is 7.10. The van der Waals surface area contributed by atoms with Crippen molar-refractivity contribution in [2.75, 3.05) is 17.2 Å². The first-order valence-corrected chi connectivity index (χ1v) is 7.21. The van der Waals surface area contributed by atoms with Crippen LogP contribution in [0, 0.1) is 15.5 Å². The molecule has 1 rings (SSSR count). The standard InChI is InChI=1S/C15H26N4O2/c1-7-16-12-9-8-11(19(20)21)13(17-12)18-15(5,6)10-14(2,3)4/h8-9H,7,10H2,1-6H3,(H2,16,17,18). The SMILES string of the molecule is CCNc1ccc([N+](=O)[O-])c(NC(C)(C)CC(C)(C)C)n1. The van der Waals surface area contributed by atoms with Gasteiger partial charge in [0.15, 0.2) is 0 Å². The predicted molar refractivity (Wildman–Crippen MR) is 86.8 cm³/mol. The molecule has 0 unspecified atom stereocenters. The van der Waals surface area contributed by atoms with Gasteiger partial charge in [0, 0.05) is 18.2 Å². The van der Waals surface area contributed by atoms with E-state index in [1.54, 1.807) is 6.07 Å². The Morgan fingerprint density at radius 1 is 1.24 bits per heavy atom. The van der Waals surface area contributed by atoms with E-state index in [4.69, 9.17) is 0 Å². The number of aromatic nitrogens is 1. The molecule has 0 radical (unpaired) electrons. The van der Waals surface area contributed by atoms with Crippen molar-refractivity contribution in [2.45, 2.75) is 53.5 Å². The van der Waals surface area contributed by atoms with Crippen molar-refractivity contribution < 1.29 is 4.92 Å². The lowest BCUT2D eigenvalue weighted by molar-refractivity contribution is -0.384. The Kier molecular flexibility index (Phi) is 5.15. The predicted octanol–water partition coefficient (Wildman–Crippen LogP) is 4.05. The zero-order valence-corrected chi connectivity index (χ0v) is 13.8. The smallest absolute Gasteiger partial charge is 0.311 e. The number of hydrogen-bond donors (Lipinski definition) is 2. The monoisotopic (exact) mass is 294 g/mol. The van der Waals surface area contributed by atoms with Gasteiger partial charge in [-0.1, -0.05) is 20.8 Å². The van der Waals surface area contributed by atoms with E-state index in [1.165, 1.54) is 6.07 Å². The molecule has 0 aliphatic carbocycles. The Hall–Kier alpha value is -1.85. The first-order chi connectivity index (χ1) is 9.54. The molecule has 118 valence electrons. The van der Waals surface area contributed by atoms with Crippen LogP contribution in [0.4, 0.5) is 17.3 Å². The molecular formula is C15H26N4O2. The normalized spacial score (nSPS) is 12.1. The van der Waals surface area contributed by atoms with Gasteiger partial charge < -0.3 is 10.6 Å². The van der Waals surface area contributed by atoms with E-state index in [9.17, 15) is 10.1 Å². The van der Waals surface area contributed by atoms with Gasteiger partial charge in [-0.05, 0) is 38.7 Å². The van der Waals surface area contributed by atoms with Gasteiger partial charge in [-0.15, -0.1) is 0 Å². The number of anilines is 2. The summed E-state index contributed by atoms with van der Waals surface area (Å²) in [5.41, 5.74) is -0.176. The van der Waals surface area contributed by atoms with Gasteiger partial charge in [-0.25, -0.2) is 4.98 Å². The highest BCUT2D eigenvalue weighted by Crippen LogP contribution is 2.32. The molecular weight excluding hydrogens is 268 g/mol. The van der Waals surface area contributed by atoms with E-state index in [-0.39, 0.29) is 16.6 Å². The summed E-state index contributed by atoms with van der Waals surface area (Å²) in [6.45, 7) is 13.2. The molecule has 0 amide bonds. The minimum Gasteiger partial charge on any atom is -0.370 e. The summed E-state index contributed by atoms with van der Waals surface area (Å²) in [6.07, 6.45) is 0.865. The van der Waals surface area contributed by atoms with Crippen LogP contribution < -0.4 is 10.6 Å². The summed E-state index contributed by atoms with van der Waals surface area (Å²) < 4.78 is 0. The van der Waals surface area contributed by atoms with Crippen LogP contribution in [0.2, 0.25) is 0 Å². The zero-order valence-electron chi connectivity index (χ0n) is 13.8. The average molecular weight is 294 g/mol. The lowest BCUT2D eigenvalue weighted by atomic mass is 9.82. The van der Waals surface area contributed by atoms with Crippen LogP contribution in [-0.4, -0.2) is 22.0 Å². The van der Waals surface area contributed by atoms with Crippen LogP contribution in [0.5, 0.6) is 0 Å². The molecule has 0 saturated heterocycles. The van der Waals surface area contributed by atoms with Crippen molar-refractivity contribution in [3.63, 3.8) is 0 Å². The van der Waals surface area contributed by atoms with Crippen molar-refractivity contribution in [2.24, 2.45) is 5.41 Å². The lowest BCUT2D eigenvalue weighted by Crippen LogP contribution is -2.36. The van der Waals surface area contributed by atoms with Crippen LogP contribution in [0.3, 0.4) is 0 Å². The Bertz CT molecular complexity index is 507. The Morgan fingerprint density at radius 3 is 2.33 bits per heavy atom. The van der Waals surface area contributed by atoms with E-state index >= 15 is 0 Å². The number of nitrogens with one attached hydrogen (secondary N) is 2. The fourth-order valence-electron chi connectivity index (χ4n) is 2.66. The van der Waals surface area contributed by atoms with Crippen LogP contribution >= 0.6 is 0 Å². The summed E-state index contributed by atoms with van der Waals surface area (Å²) >= 11 is 0. The first kappa shape index (κ1) is 17.2. The Balaban J connectivity index is 3.08. The van der Waals surface area contributed by atoms with Crippen molar-refractivity contribution in [3.05, 3.63) is 22.2 Å². The molecule has 1 aromatic rings. The molecule has 0 aromatic carbocycles. The van der Waals surface area contributed by atoms with Gasteiger partial charge in [-0.3, -0.25) is 10.1 Å². The number of pyridine rings is 1. The first-order valence-electron chi connectivity index (χ1n) is 7.21. The van der Waals surface area contributed by atoms with E-state index in [1.807, 2.05) is 20.8 Å². The van der Waals surface area contributed by atoms with Gasteiger partial charge in [0.25, 0.3) is 0 Å². The lowest BCUT2D eigenvalue weighted by Gasteiger charge is -2.33.